The minimum Gasteiger partial charge on any atom is -0.342 e. The first-order chi connectivity index (χ1) is 14.9. The van der Waals surface area contributed by atoms with Crippen LogP contribution < -0.4 is 10.6 Å². The van der Waals surface area contributed by atoms with E-state index in [4.69, 9.17) is 11.6 Å². The van der Waals surface area contributed by atoms with E-state index in [-0.39, 0.29) is 23.6 Å². The summed E-state index contributed by atoms with van der Waals surface area (Å²) >= 11 is 9.40. The van der Waals surface area contributed by atoms with Crippen LogP contribution in [0.5, 0.6) is 0 Å². The van der Waals surface area contributed by atoms with Gasteiger partial charge in [-0.1, -0.05) is 23.4 Å². The van der Waals surface area contributed by atoms with Crippen molar-refractivity contribution in [3.05, 3.63) is 68.5 Å². The molecule has 3 aromatic rings. The number of nitrogens with one attached hydrogen (secondary N) is 2. The molecule has 1 heterocycles. The fraction of sp³-hybridized carbons (Fsp3) is 0.238. The van der Waals surface area contributed by atoms with Crippen LogP contribution in [0.2, 0.25) is 5.02 Å². The lowest BCUT2D eigenvalue weighted by molar-refractivity contribution is -0.113. The molecule has 2 amide bonds. The highest BCUT2D eigenvalue weighted by Crippen LogP contribution is 2.21. The number of nitrogens with zero attached hydrogens (tertiary/aromatic N) is 3. The average molecular weight is 570 g/mol. The minimum atomic E-state index is -0.356. The molecule has 0 aliphatic carbocycles. The summed E-state index contributed by atoms with van der Waals surface area (Å²) in [7, 11) is 0. The monoisotopic (exact) mass is 569 g/mol. The van der Waals surface area contributed by atoms with Crippen LogP contribution in [0.4, 0.5) is 5.69 Å². The van der Waals surface area contributed by atoms with E-state index in [1.807, 2.05) is 42.7 Å². The maximum Gasteiger partial charge on any atom is 0.251 e. The summed E-state index contributed by atoms with van der Waals surface area (Å²) in [6.07, 6.45) is 0. The number of hydrogen-bond donors (Lipinski definition) is 2. The van der Waals surface area contributed by atoms with Gasteiger partial charge in [-0.25, -0.2) is 0 Å². The van der Waals surface area contributed by atoms with Crippen LogP contribution in [0.15, 0.2) is 53.7 Å². The fourth-order valence-corrected chi connectivity index (χ4v) is 4.13. The zero-order chi connectivity index (χ0) is 22.4. The van der Waals surface area contributed by atoms with Crippen molar-refractivity contribution in [1.29, 1.82) is 0 Å². The standard InChI is InChI=1S/C21H21ClIN5O2S/c1-3-28-19(13(2)24-20(30)14-4-6-15(22)7-5-14)26-27-21(28)31-12-18(29)25-17-10-8-16(23)9-11-17/h4-11,13H,3,12H2,1-2H3,(H,24,30)(H,25,29)/t13-/m1/s1. The van der Waals surface area contributed by atoms with Crippen molar-refractivity contribution in [3.63, 3.8) is 0 Å². The Bertz CT molecular complexity index is 1060. The second kappa shape index (κ2) is 11.0. The molecule has 1 atom stereocenters. The van der Waals surface area contributed by atoms with Gasteiger partial charge in [0.15, 0.2) is 11.0 Å². The molecule has 0 aliphatic rings. The summed E-state index contributed by atoms with van der Waals surface area (Å²) in [6.45, 7) is 4.43. The lowest BCUT2D eigenvalue weighted by atomic mass is 10.2. The number of rotatable bonds is 8. The van der Waals surface area contributed by atoms with Gasteiger partial charge in [0.05, 0.1) is 11.8 Å². The van der Waals surface area contributed by atoms with Gasteiger partial charge in [0.2, 0.25) is 5.91 Å². The number of thioether (sulfide) groups is 1. The maximum atomic E-state index is 12.5. The molecule has 0 radical (unpaired) electrons. The zero-order valence-electron chi connectivity index (χ0n) is 16.9. The SMILES string of the molecule is CCn1c(SCC(=O)Nc2ccc(I)cc2)nnc1[C@@H](C)NC(=O)c1ccc(Cl)cc1. The first kappa shape index (κ1) is 23.6. The Hall–Kier alpha value is -2.11. The second-order valence-electron chi connectivity index (χ2n) is 6.63. The second-order valence-corrected chi connectivity index (χ2v) is 9.26. The van der Waals surface area contributed by atoms with Crippen LogP contribution in [0.25, 0.3) is 0 Å². The lowest BCUT2D eigenvalue weighted by Crippen LogP contribution is -2.28. The molecule has 10 heteroatoms. The number of halogens is 2. The third-order valence-electron chi connectivity index (χ3n) is 4.36. The van der Waals surface area contributed by atoms with Crippen molar-refractivity contribution in [2.75, 3.05) is 11.1 Å². The topological polar surface area (TPSA) is 88.9 Å². The van der Waals surface area contributed by atoms with E-state index in [2.05, 4.69) is 43.4 Å². The Labute approximate surface area is 203 Å². The van der Waals surface area contributed by atoms with Gasteiger partial charge in [-0.2, -0.15) is 0 Å². The van der Waals surface area contributed by atoms with Crippen LogP contribution >= 0.6 is 46.0 Å². The lowest BCUT2D eigenvalue weighted by Gasteiger charge is -2.15. The van der Waals surface area contributed by atoms with Gasteiger partial charge in [0, 0.05) is 26.4 Å². The fourth-order valence-electron chi connectivity index (χ4n) is 2.83. The Kier molecular flexibility index (Phi) is 8.33. The highest BCUT2D eigenvalue weighted by Gasteiger charge is 2.20. The molecule has 0 saturated heterocycles. The van der Waals surface area contributed by atoms with Crippen molar-refractivity contribution in [3.8, 4) is 0 Å². The molecule has 0 aliphatic heterocycles. The first-order valence-electron chi connectivity index (χ1n) is 9.55. The molecule has 0 bridgehead atoms. The van der Waals surface area contributed by atoms with Crippen LogP contribution in [0.3, 0.4) is 0 Å². The summed E-state index contributed by atoms with van der Waals surface area (Å²) in [5.41, 5.74) is 1.27. The molecular weight excluding hydrogens is 549 g/mol. The average Bonchev–Trinajstić information content (AvgIpc) is 3.17. The van der Waals surface area contributed by atoms with Gasteiger partial charge < -0.3 is 15.2 Å². The molecule has 162 valence electrons. The summed E-state index contributed by atoms with van der Waals surface area (Å²) < 4.78 is 3.00. The third-order valence-corrected chi connectivity index (χ3v) is 6.30. The molecule has 0 fully saturated rings. The first-order valence-corrected chi connectivity index (χ1v) is 12.0. The van der Waals surface area contributed by atoms with E-state index >= 15 is 0 Å². The van der Waals surface area contributed by atoms with Gasteiger partial charge in [0.1, 0.15) is 0 Å². The van der Waals surface area contributed by atoms with Crippen molar-refractivity contribution < 1.29 is 9.59 Å². The van der Waals surface area contributed by atoms with Crippen LogP contribution in [-0.2, 0) is 11.3 Å². The predicted octanol–water partition coefficient (Wildman–Crippen LogP) is 4.78. The summed E-state index contributed by atoms with van der Waals surface area (Å²) in [5, 5.41) is 15.5. The highest BCUT2D eigenvalue weighted by molar-refractivity contribution is 14.1. The van der Waals surface area contributed by atoms with Gasteiger partial charge >= 0.3 is 0 Å². The molecule has 0 saturated carbocycles. The zero-order valence-corrected chi connectivity index (χ0v) is 20.7. The number of aromatic nitrogens is 3. The van der Waals surface area contributed by atoms with Crippen LogP contribution in [0.1, 0.15) is 36.1 Å². The molecule has 0 spiro atoms. The van der Waals surface area contributed by atoms with E-state index in [1.54, 1.807) is 24.3 Å². The van der Waals surface area contributed by atoms with Crippen molar-refractivity contribution >= 4 is 63.5 Å². The molecule has 2 N–H and O–H groups in total. The smallest absolute Gasteiger partial charge is 0.251 e. The predicted molar refractivity (Wildman–Crippen MR) is 132 cm³/mol. The number of amides is 2. The third kappa shape index (κ3) is 6.44. The number of carbonyl (C=O) groups excluding carboxylic acids is 2. The summed E-state index contributed by atoms with van der Waals surface area (Å²) in [6, 6.07) is 13.9. The molecule has 2 aromatic carbocycles. The molecule has 3 rings (SSSR count). The summed E-state index contributed by atoms with van der Waals surface area (Å²) in [4.78, 5) is 24.8. The van der Waals surface area contributed by atoms with Gasteiger partial charge in [-0.3, -0.25) is 9.59 Å². The normalized spacial score (nSPS) is 11.7. The Morgan fingerprint density at radius 3 is 2.45 bits per heavy atom. The Morgan fingerprint density at radius 2 is 1.81 bits per heavy atom. The molecule has 31 heavy (non-hydrogen) atoms. The van der Waals surface area contributed by atoms with Crippen LogP contribution in [-0.4, -0.2) is 32.3 Å². The minimum absolute atomic E-state index is 0.123. The van der Waals surface area contributed by atoms with Crippen molar-refractivity contribution in [1.82, 2.24) is 20.1 Å². The number of anilines is 1. The van der Waals surface area contributed by atoms with Crippen molar-refractivity contribution in [2.45, 2.75) is 31.6 Å². The molecule has 0 unspecified atom stereocenters. The van der Waals surface area contributed by atoms with Gasteiger partial charge in [-0.15, -0.1) is 10.2 Å². The van der Waals surface area contributed by atoms with E-state index in [1.165, 1.54) is 11.8 Å². The highest BCUT2D eigenvalue weighted by atomic mass is 127. The quantitative estimate of drug-likeness (QED) is 0.301. The van der Waals surface area contributed by atoms with E-state index in [0.717, 1.165) is 9.26 Å². The van der Waals surface area contributed by atoms with Gasteiger partial charge in [0.25, 0.3) is 5.91 Å². The Morgan fingerprint density at radius 1 is 1.13 bits per heavy atom. The number of carbonyl (C=O) groups is 2. The molecule has 7 nitrogen and oxygen atoms in total. The number of hydrogen-bond acceptors (Lipinski definition) is 5. The summed E-state index contributed by atoms with van der Waals surface area (Å²) in [5.74, 6) is 0.490. The van der Waals surface area contributed by atoms with Crippen molar-refractivity contribution in [2.24, 2.45) is 0 Å². The van der Waals surface area contributed by atoms with E-state index < -0.39 is 0 Å². The molecule has 1 aromatic heterocycles. The largest absolute Gasteiger partial charge is 0.342 e. The number of benzene rings is 2. The van der Waals surface area contributed by atoms with E-state index in [9.17, 15) is 9.59 Å². The van der Waals surface area contributed by atoms with E-state index in [0.29, 0.717) is 28.1 Å². The van der Waals surface area contributed by atoms with Gasteiger partial charge in [-0.05, 0) is 85.0 Å². The Balaban J connectivity index is 1.61. The van der Waals surface area contributed by atoms with Crippen LogP contribution in [0, 0.1) is 3.57 Å². The molecular formula is C21H21ClIN5O2S. The maximum absolute atomic E-state index is 12.5.